The summed E-state index contributed by atoms with van der Waals surface area (Å²) in [6.45, 7) is 1.23. The highest BCUT2D eigenvalue weighted by molar-refractivity contribution is 5.95. The zero-order chi connectivity index (χ0) is 23.9. The lowest BCUT2D eigenvalue weighted by molar-refractivity contribution is -0.137. The van der Waals surface area contributed by atoms with Crippen molar-refractivity contribution in [2.45, 2.75) is 6.18 Å². The average Bonchev–Trinajstić information content (AvgIpc) is 3.31. The minimum atomic E-state index is -4.66. The largest absolute Gasteiger partial charge is 0.454 e. The lowest BCUT2D eigenvalue weighted by atomic mass is 10.1. The van der Waals surface area contributed by atoms with Crippen molar-refractivity contribution in [1.29, 1.82) is 0 Å². The van der Waals surface area contributed by atoms with Crippen LogP contribution in [0.1, 0.15) is 15.9 Å². The van der Waals surface area contributed by atoms with Crippen LogP contribution in [0, 0.1) is 5.82 Å². The summed E-state index contributed by atoms with van der Waals surface area (Å²) in [4.78, 5) is 24.8. The molecule has 2 aromatic carbocycles. The molecular weight excluding hydrogens is 456 g/mol. The van der Waals surface area contributed by atoms with Crippen LogP contribution >= 0.6 is 0 Å². The maximum atomic E-state index is 14.1. The van der Waals surface area contributed by atoms with E-state index in [2.05, 4.69) is 9.97 Å². The minimum Gasteiger partial charge on any atom is -0.454 e. The van der Waals surface area contributed by atoms with Crippen LogP contribution in [-0.4, -0.2) is 53.7 Å². The molecule has 3 aromatic rings. The van der Waals surface area contributed by atoms with Gasteiger partial charge in [0, 0.05) is 37.9 Å². The Labute approximate surface area is 191 Å². The molecule has 1 amide bonds. The summed E-state index contributed by atoms with van der Waals surface area (Å²) < 4.78 is 63.8. The number of carbonyl (C=O) groups excluding carboxylic acids is 1. The van der Waals surface area contributed by atoms with Gasteiger partial charge in [0.15, 0.2) is 11.5 Å². The van der Waals surface area contributed by atoms with Crippen molar-refractivity contribution in [3.05, 3.63) is 65.6 Å². The molecule has 2 aliphatic heterocycles. The molecule has 0 atom stereocenters. The van der Waals surface area contributed by atoms with E-state index in [9.17, 15) is 22.4 Å². The normalized spacial score (nSPS) is 15.5. The van der Waals surface area contributed by atoms with E-state index in [1.54, 1.807) is 18.3 Å². The minimum absolute atomic E-state index is 0.168. The Morgan fingerprint density at radius 2 is 1.71 bits per heavy atom. The fraction of sp³-hybridized carbons (Fsp3) is 0.261. The van der Waals surface area contributed by atoms with Crippen LogP contribution in [0.3, 0.4) is 0 Å². The van der Waals surface area contributed by atoms with E-state index in [0.717, 1.165) is 5.56 Å². The number of carbonyl (C=O) groups is 1. The van der Waals surface area contributed by atoms with E-state index < -0.39 is 29.0 Å². The quantitative estimate of drug-likeness (QED) is 0.535. The third kappa shape index (κ3) is 4.20. The molecule has 1 fully saturated rings. The molecule has 34 heavy (non-hydrogen) atoms. The number of piperazine rings is 1. The van der Waals surface area contributed by atoms with E-state index >= 15 is 0 Å². The summed E-state index contributed by atoms with van der Waals surface area (Å²) >= 11 is 0. The number of rotatable bonds is 3. The number of fused-ring (bicyclic) bond motifs is 1. The van der Waals surface area contributed by atoms with Crippen molar-refractivity contribution < 1.29 is 31.8 Å². The van der Waals surface area contributed by atoms with Gasteiger partial charge < -0.3 is 19.3 Å². The number of halogens is 4. The second-order valence-corrected chi connectivity index (χ2v) is 7.78. The van der Waals surface area contributed by atoms with Crippen molar-refractivity contribution in [2.75, 3.05) is 37.9 Å². The van der Waals surface area contributed by atoms with Gasteiger partial charge in [-0.15, -0.1) is 0 Å². The first-order chi connectivity index (χ1) is 16.3. The first kappa shape index (κ1) is 21.9. The first-order valence-electron chi connectivity index (χ1n) is 10.4. The van der Waals surface area contributed by atoms with Crippen LogP contribution in [-0.2, 0) is 6.18 Å². The molecule has 176 valence electrons. The summed E-state index contributed by atoms with van der Waals surface area (Å²) in [6, 6.07) is 9.10. The van der Waals surface area contributed by atoms with Crippen LogP contribution in [0.4, 0.5) is 23.5 Å². The van der Waals surface area contributed by atoms with Crippen LogP contribution in [0.25, 0.3) is 11.3 Å². The van der Waals surface area contributed by atoms with Gasteiger partial charge in [0.25, 0.3) is 5.91 Å². The van der Waals surface area contributed by atoms with E-state index in [1.807, 2.05) is 17.0 Å². The number of amides is 1. The highest BCUT2D eigenvalue weighted by Crippen LogP contribution is 2.35. The van der Waals surface area contributed by atoms with Gasteiger partial charge in [-0.3, -0.25) is 4.79 Å². The summed E-state index contributed by atoms with van der Waals surface area (Å²) in [5.41, 5.74) is -0.163. The third-order valence-corrected chi connectivity index (χ3v) is 5.69. The molecule has 0 saturated carbocycles. The molecule has 7 nitrogen and oxygen atoms in total. The Morgan fingerprint density at radius 3 is 2.47 bits per heavy atom. The summed E-state index contributed by atoms with van der Waals surface area (Å²) in [7, 11) is 0. The smallest absolute Gasteiger partial charge is 0.416 e. The van der Waals surface area contributed by atoms with E-state index in [-0.39, 0.29) is 19.9 Å². The molecule has 11 heteroatoms. The van der Waals surface area contributed by atoms with Crippen molar-refractivity contribution >= 4 is 11.9 Å². The van der Waals surface area contributed by atoms with Gasteiger partial charge in [0.2, 0.25) is 12.7 Å². The summed E-state index contributed by atoms with van der Waals surface area (Å²) in [6.07, 6.45) is -3.04. The van der Waals surface area contributed by atoms with E-state index in [1.165, 1.54) is 4.90 Å². The molecule has 0 unspecified atom stereocenters. The summed E-state index contributed by atoms with van der Waals surface area (Å²) in [5, 5.41) is 0. The van der Waals surface area contributed by atoms with Gasteiger partial charge in [0.1, 0.15) is 5.82 Å². The molecule has 0 bridgehead atoms. The number of hydrogen-bond acceptors (Lipinski definition) is 6. The molecule has 0 spiro atoms. The first-order valence-corrected chi connectivity index (χ1v) is 10.4. The second-order valence-electron chi connectivity index (χ2n) is 7.78. The van der Waals surface area contributed by atoms with Crippen molar-refractivity contribution in [3.63, 3.8) is 0 Å². The van der Waals surface area contributed by atoms with Crippen LogP contribution < -0.4 is 14.4 Å². The number of anilines is 1. The number of alkyl halides is 3. The van der Waals surface area contributed by atoms with E-state index in [0.29, 0.717) is 54.4 Å². The molecule has 1 aromatic heterocycles. The van der Waals surface area contributed by atoms with Gasteiger partial charge in [-0.25, -0.2) is 14.4 Å². The van der Waals surface area contributed by atoms with Crippen LogP contribution in [0.5, 0.6) is 11.5 Å². The van der Waals surface area contributed by atoms with Crippen molar-refractivity contribution in [3.8, 4) is 22.8 Å². The number of aromatic nitrogens is 2. The van der Waals surface area contributed by atoms with Gasteiger partial charge in [-0.1, -0.05) is 0 Å². The molecule has 0 radical (unpaired) electrons. The SMILES string of the molecule is O=C(c1cc(C(F)(F)F)ccc1F)N1CCN(c2nccc(-c3ccc4c(c3)OCO4)n2)CC1. The van der Waals surface area contributed by atoms with Gasteiger partial charge in [0.05, 0.1) is 16.8 Å². The predicted octanol–water partition coefficient (Wildman–Crippen LogP) is 3.99. The topological polar surface area (TPSA) is 67.8 Å². The Balaban J connectivity index is 1.29. The van der Waals surface area contributed by atoms with Crippen LogP contribution in [0.15, 0.2) is 48.7 Å². The Morgan fingerprint density at radius 1 is 0.941 bits per heavy atom. The van der Waals surface area contributed by atoms with Crippen molar-refractivity contribution in [1.82, 2.24) is 14.9 Å². The van der Waals surface area contributed by atoms with Gasteiger partial charge in [-0.2, -0.15) is 13.2 Å². The Kier molecular flexibility index (Phi) is 5.46. The molecular formula is C23H18F4N4O3. The monoisotopic (exact) mass is 474 g/mol. The number of hydrogen-bond donors (Lipinski definition) is 0. The standard InChI is InChI=1S/C23H18F4N4O3/c24-17-3-2-15(23(25,26)27)12-16(17)21(32)30-7-9-31(10-8-30)22-28-6-5-18(29-22)14-1-4-19-20(11-14)34-13-33-19/h1-6,11-12H,7-10,13H2. The Hall–Kier alpha value is -3.89. The maximum absolute atomic E-state index is 14.1. The average molecular weight is 474 g/mol. The number of ether oxygens (including phenoxy) is 2. The third-order valence-electron chi connectivity index (χ3n) is 5.69. The molecule has 0 N–H and O–H groups in total. The predicted molar refractivity (Wildman–Crippen MR) is 113 cm³/mol. The number of benzene rings is 2. The molecule has 5 rings (SSSR count). The molecule has 1 saturated heterocycles. The second kappa shape index (κ2) is 8.47. The zero-order valence-electron chi connectivity index (χ0n) is 17.7. The maximum Gasteiger partial charge on any atom is 0.416 e. The molecule has 3 heterocycles. The fourth-order valence-electron chi connectivity index (χ4n) is 3.86. The lowest BCUT2D eigenvalue weighted by Gasteiger charge is -2.35. The van der Waals surface area contributed by atoms with Crippen molar-refractivity contribution in [2.24, 2.45) is 0 Å². The zero-order valence-corrected chi connectivity index (χ0v) is 17.7. The fourth-order valence-corrected chi connectivity index (χ4v) is 3.86. The Bertz CT molecular complexity index is 1240. The number of nitrogens with zero attached hydrogens (tertiary/aromatic N) is 4. The van der Waals surface area contributed by atoms with Gasteiger partial charge >= 0.3 is 6.18 Å². The molecule has 2 aliphatic rings. The molecule has 0 aliphatic carbocycles. The lowest BCUT2D eigenvalue weighted by Crippen LogP contribution is -2.49. The highest BCUT2D eigenvalue weighted by atomic mass is 19.4. The van der Waals surface area contributed by atoms with Crippen LogP contribution in [0.2, 0.25) is 0 Å². The van der Waals surface area contributed by atoms with Gasteiger partial charge in [-0.05, 0) is 42.5 Å². The van der Waals surface area contributed by atoms with E-state index in [4.69, 9.17) is 9.47 Å². The highest BCUT2D eigenvalue weighted by Gasteiger charge is 2.33. The summed E-state index contributed by atoms with van der Waals surface area (Å²) in [5.74, 6) is -0.0198.